The van der Waals surface area contributed by atoms with Crippen LogP contribution in [0.1, 0.15) is 99.9 Å². The van der Waals surface area contributed by atoms with Gasteiger partial charge in [0.1, 0.15) is 11.3 Å². The minimum absolute atomic E-state index is 0.0285. The first kappa shape index (κ1) is 29.4. The van der Waals surface area contributed by atoms with Gasteiger partial charge in [-0.05, 0) is 85.5 Å². The molecule has 3 aromatic rings. The van der Waals surface area contributed by atoms with Gasteiger partial charge in [-0.1, -0.05) is 33.8 Å². The summed E-state index contributed by atoms with van der Waals surface area (Å²) in [5, 5.41) is 4.14. The van der Waals surface area contributed by atoms with Gasteiger partial charge in [-0.2, -0.15) is 0 Å². The van der Waals surface area contributed by atoms with Crippen LogP contribution in [0.4, 0.5) is 0 Å². The average molecular weight is 570 g/mol. The van der Waals surface area contributed by atoms with E-state index in [-0.39, 0.29) is 35.3 Å². The van der Waals surface area contributed by atoms with Gasteiger partial charge in [0, 0.05) is 40.3 Å². The molecule has 0 saturated carbocycles. The lowest BCUT2D eigenvalue weighted by Gasteiger charge is -2.39. The molecule has 7 nitrogen and oxygen atoms in total. The second kappa shape index (κ2) is 11.3. The number of ether oxygens (including phenoxy) is 2. The van der Waals surface area contributed by atoms with E-state index in [1.165, 1.54) is 0 Å². The predicted octanol–water partition coefficient (Wildman–Crippen LogP) is 7.35. The number of dihydropyridines is 1. The van der Waals surface area contributed by atoms with E-state index in [0.29, 0.717) is 46.6 Å². The number of rotatable bonds is 8. The number of carbonyl (C=O) groups excluding carboxylic acids is 3. The third-order valence-electron chi connectivity index (χ3n) is 8.46. The largest absolute Gasteiger partial charge is 0.497 e. The zero-order valence-corrected chi connectivity index (χ0v) is 25.5. The summed E-state index contributed by atoms with van der Waals surface area (Å²) in [4.78, 5) is 40.6. The number of furan rings is 1. The van der Waals surface area contributed by atoms with Gasteiger partial charge >= 0.3 is 5.97 Å². The molecule has 0 saturated heterocycles. The molecule has 2 unspecified atom stereocenters. The lowest BCUT2D eigenvalue weighted by Crippen LogP contribution is -2.38. The van der Waals surface area contributed by atoms with Crippen molar-refractivity contribution in [1.82, 2.24) is 5.32 Å². The minimum atomic E-state index is -0.591. The first-order chi connectivity index (χ1) is 20.0. The van der Waals surface area contributed by atoms with Crippen LogP contribution in [0.15, 0.2) is 69.4 Å². The van der Waals surface area contributed by atoms with Crippen LogP contribution in [0.2, 0.25) is 0 Å². The summed E-state index contributed by atoms with van der Waals surface area (Å²) < 4.78 is 17.0. The van der Waals surface area contributed by atoms with E-state index in [1.54, 1.807) is 44.4 Å². The maximum atomic E-state index is 13.8. The second-order valence-electron chi connectivity index (χ2n) is 12.2. The Balaban J connectivity index is 1.70. The highest BCUT2D eigenvalue weighted by Gasteiger charge is 2.43. The van der Waals surface area contributed by atoms with Crippen LogP contribution >= 0.6 is 0 Å². The number of fused-ring (bicyclic) bond motifs is 1. The second-order valence-corrected chi connectivity index (χ2v) is 12.2. The monoisotopic (exact) mass is 569 g/mol. The van der Waals surface area contributed by atoms with E-state index in [4.69, 9.17) is 13.9 Å². The molecule has 0 fully saturated rings. The van der Waals surface area contributed by atoms with Crippen LogP contribution in [-0.2, 0) is 14.3 Å². The number of Topliss-reactive ketones (excluding diaryl/α,β-unsaturated/α-hetero) is 1. The van der Waals surface area contributed by atoms with Gasteiger partial charge in [0.05, 0.1) is 19.3 Å². The first-order valence-corrected chi connectivity index (χ1v) is 14.6. The number of nitrogens with one attached hydrogen (secondary N) is 1. The molecule has 2 aromatic carbocycles. The number of allylic oxidation sites excluding steroid dienone is 3. The standard InChI is InChI=1S/C35H39NO6/c1-8-19(3)25-15-22(14-23-16-28(42-33(23)25)32(38)21-10-12-24(40-7)13-11-21)30-29(34(39)41-9-2)20(4)36-26-17-35(5,6)18-27(37)31(26)30/h10-16,19,30,36H,8-9,17-18H2,1-7H3. The maximum Gasteiger partial charge on any atom is 0.336 e. The van der Waals surface area contributed by atoms with Gasteiger partial charge in [0.2, 0.25) is 5.78 Å². The summed E-state index contributed by atoms with van der Waals surface area (Å²) in [6, 6.07) is 12.7. The molecule has 2 atom stereocenters. The lowest BCUT2D eigenvalue weighted by atomic mass is 9.68. The van der Waals surface area contributed by atoms with Crippen LogP contribution < -0.4 is 10.1 Å². The van der Waals surface area contributed by atoms with Crippen molar-refractivity contribution in [2.24, 2.45) is 5.41 Å². The number of benzene rings is 2. The van der Waals surface area contributed by atoms with Gasteiger partial charge in [-0.15, -0.1) is 0 Å². The van der Waals surface area contributed by atoms with Crippen molar-refractivity contribution in [3.05, 3.63) is 87.5 Å². The number of hydrogen-bond donors (Lipinski definition) is 1. The average Bonchev–Trinajstić information content (AvgIpc) is 3.39. The fraction of sp³-hybridized carbons (Fsp3) is 0.400. The van der Waals surface area contributed by atoms with Gasteiger partial charge in [0.25, 0.3) is 0 Å². The molecular weight excluding hydrogens is 530 g/mol. The van der Waals surface area contributed by atoms with Crippen molar-refractivity contribution in [2.75, 3.05) is 13.7 Å². The molecule has 2 heterocycles. The van der Waals surface area contributed by atoms with Crippen molar-refractivity contribution in [3.63, 3.8) is 0 Å². The fourth-order valence-corrected chi connectivity index (χ4v) is 6.20. The minimum Gasteiger partial charge on any atom is -0.497 e. The van der Waals surface area contributed by atoms with Crippen molar-refractivity contribution < 1.29 is 28.3 Å². The number of hydrogen-bond acceptors (Lipinski definition) is 7. The molecule has 0 spiro atoms. The molecule has 1 aromatic heterocycles. The van der Waals surface area contributed by atoms with E-state index in [9.17, 15) is 14.4 Å². The highest BCUT2D eigenvalue weighted by Crippen LogP contribution is 2.48. The number of ketones is 2. The van der Waals surface area contributed by atoms with Crippen LogP contribution in [-0.4, -0.2) is 31.3 Å². The number of methoxy groups -OCH3 is 1. The number of esters is 1. The summed E-state index contributed by atoms with van der Waals surface area (Å²) in [6.07, 6.45) is 1.93. The van der Waals surface area contributed by atoms with Crippen LogP contribution in [0.25, 0.3) is 11.0 Å². The summed E-state index contributed by atoms with van der Waals surface area (Å²) >= 11 is 0. The van der Waals surface area contributed by atoms with E-state index < -0.39 is 11.9 Å². The smallest absolute Gasteiger partial charge is 0.336 e. The van der Waals surface area contributed by atoms with Crippen molar-refractivity contribution >= 4 is 28.5 Å². The highest BCUT2D eigenvalue weighted by molar-refractivity contribution is 6.09. The lowest BCUT2D eigenvalue weighted by molar-refractivity contribution is -0.138. The third kappa shape index (κ3) is 5.28. The van der Waals surface area contributed by atoms with Gasteiger partial charge in [0.15, 0.2) is 11.5 Å². The van der Waals surface area contributed by atoms with E-state index >= 15 is 0 Å². The normalized spacial score (nSPS) is 18.9. The number of carbonyl (C=O) groups is 3. The van der Waals surface area contributed by atoms with E-state index in [0.717, 1.165) is 28.6 Å². The summed E-state index contributed by atoms with van der Waals surface area (Å²) in [5.41, 5.74) is 5.30. The topological polar surface area (TPSA) is 94.8 Å². The Hall–Kier alpha value is -4.13. The molecular formula is C35H39NO6. The Morgan fingerprint density at radius 2 is 1.81 bits per heavy atom. The predicted molar refractivity (Wildman–Crippen MR) is 162 cm³/mol. The van der Waals surface area contributed by atoms with Gasteiger partial charge < -0.3 is 19.2 Å². The molecule has 42 heavy (non-hydrogen) atoms. The summed E-state index contributed by atoms with van der Waals surface area (Å²) in [5.74, 6) is -0.233. The van der Waals surface area contributed by atoms with Crippen molar-refractivity contribution in [3.8, 4) is 5.75 Å². The molecule has 1 aliphatic carbocycles. The van der Waals surface area contributed by atoms with E-state index in [2.05, 4.69) is 33.0 Å². The third-order valence-corrected chi connectivity index (χ3v) is 8.46. The Morgan fingerprint density at radius 1 is 1.10 bits per heavy atom. The zero-order valence-electron chi connectivity index (χ0n) is 25.5. The van der Waals surface area contributed by atoms with Gasteiger partial charge in [-0.25, -0.2) is 4.79 Å². The SMILES string of the molecule is CCOC(=O)C1=C(C)NC2=C(C(=O)CC(C)(C)C2)C1c1cc(C(C)CC)c2oc(C(=O)c3ccc(OC)cc3)cc2c1. The first-order valence-electron chi connectivity index (χ1n) is 14.6. The van der Waals surface area contributed by atoms with Crippen molar-refractivity contribution in [2.45, 2.75) is 72.6 Å². The highest BCUT2D eigenvalue weighted by atomic mass is 16.5. The maximum absolute atomic E-state index is 13.8. The molecule has 1 N–H and O–H groups in total. The molecule has 7 heteroatoms. The summed E-state index contributed by atoms with van der Waals surface area (Å²) in [6.45, 7) is 12.3. The van der Waals surface area contributed by atoms with E-state index in [1.807, 2.05) is 19.1 Å². The zero-order chi connectivity index (χ0) is 30.3. The van der Waals surface area contributed by atoms with Crippen LogP contribution in [0.3, 0.4) is 0 Å². The van der Waals surface area contributed by atoms with Crippen molar-refractivity contribution in [1.29, 1.82) is 0 Å². The Morgan fingerprint density at radius 3 is 2.45 bits per heavy atom. The Labute approximate surface area is 246 Å². The summed E-state index contributed by atoms with van der Waals surface area (Å²) in [7, 11) is 1.58. The molecule has 220 valence electrons. The molecule has 0 radical (unpaired) electrons. The van der Waals surface area contributed by atoms with Crippen LogP contribution in [0.5, 0.6) is 5.75 Å². The fourth-order valence-electron chi connectivity index (χ4n) is 6.20. The molecule has 2 aliphatic rings. The molecule has 0 bridgehead atoms. The van der Waals surface area contributed by atoms with Gasteiger partial charge in [-0.3, -0.25) is 9.59 Å². The molecule has 1 aliphatic heterocycles. The Kier molecular flexibility index (Phi) is 7.88. The Bertz CT molecular complexity index is 1640. The quantitative estimate of drug-likeness (QED) is 0.224. The molecule has 5 rings (SSSR count). The molecule has 0 amide bonds. The van der Waals surface area contributed by atoms with Crippen LogP contribution in [0, 0.1) is 5.41 Å².